The van der Waals surface area contributed by atoms with E-state index < -0.39 is 17.5 Å². The zero-order valence-electron chi connectivity index (χ0n) is 20.8. The van der Waals surface area contributed by atoms with Crippen molar-refractivity contribution in [3.05, 3.63) is 69.1 Å². The fourth-order valence-corrected chi connectivity index (χ4v) is 5.16. The lowest BCUT2D eigenvalue weighted by molar-refractivity contribution is -0.137. The van der Waals surface area contributed by atoms with Gasteiger partial charge in [-0.15, -0.1) is 11.3 Å². The number of ether oxygens (including phenoxy) is 3. The average molecular weight is 563 g/mol. The summed E-state index contributed by atoms with van der Waals surface area (Å²) in [7, 11) is 1.48. The molecule has 4 aromatic rings. The number of rotatable bonds is 10. The molecule has 39 heavy (non-hydrogen) atoms. The van der Waals surface area contributed by atoms with Crippen LogP contribution in [0.5, 0.6) is 11.5 Å². The molecule has 3 heterocycles. The second-order valence-corrected chi connectivity index (χ2v) is 9.91. The number of benzene rings is 2. The van der Waals surface area contributed by atoms with Gasteiger partial charge >= 0.3 is 11.9 Å². The second-order valence-electron chi connectivity index (χ2n) is 8.82. The first-order chi connectivity index (χ1) is 18.8. The van der Waals surface area contributed by atoms with E-state index in [1.807, 2.05) is 0 Å². The lowest BCUT2D eigenvalue weighted by Gasteiger charge is -2.12. The number of H-pyrrole nitrogens is 1. The highest BCUT2D eigenvalue weighted by molar-refractivity contribution is 7.15. The van der Waals surface area contributed by atoms with Crippen molar-refractivity contribution in [1.29, 1.82) is 0 Å². The molecule has 0 saturated carbocycles. The molecule has 0 aliphatic carbocycles. The van der Waals surface area contributed by atoms with Gasteiger partial charge in [-0.05, 0) is 37.1 Å². The predicted octanol–water partition coefficient (Wildman–Crippen LogP) is 5.03. The molecular formula is C26H25F3N4O5S. The molecule has 0 bridgehead atoms. The van der Waals surface area contributed by atoms with Crippen molar-refractivity contribution >= 4 is 11.3 Å². The SMILES string of the molecule is COc1cc(OCc2sc(-c3ccc(C(F)(F)F)cc3)nc2CNC[C@H]2CCCO2)ccc1-c1noc(=O)[nH]1. The number of thiazole rings is 1. The average Bonchev–Trinajstić information content (AvgIpc) is 3.69. The third kappa shape index (κ3) is 6.49. The Labute approximate surface area is 224 Å². The summed E-state index contributed by atoms with van der Waals surface area (Å²) in [5, 5.41) is 7.66. The molecule has 206 valence electrons. The monoisotopic (exact) mass is 562 g/mol. The Kier molecular flexibility index (Phi) is 8.00. The summed E-state index contributed by atoms with van der Waals surface area (Å²) in [5.41, 5.74) is 1.15. The first kappa shape index (κ1) is 26.9. The van der Waals surface area contributed by atoms with Crippen LogP contribution in [0.1, 0.15) is 29.0 Å². The molecule has 1 atom stereocenters. The van der Waals surface area contributed by atoms with E-state index in [1.54, 1.807) is 18.2 Å². The highest BCUT2D eigenvalue weighted by Gasteiger charge is 2.30. The Bertz CT molecular complexity index is 1460. The van der Waals surface area contributed by atoms with Gasteiger partial charge in [0.05, 0.1) is 34.9 Å². The Morgan fingerprint density at radius 1 is 1.21 bits per heavy atom. The van der Waals surface area contributed by atoms with E-state index in [4.69, 9.17) is 19.2 Å². The summed E-state index contributed by atoms with van der Waals surface area (Å²) in [5.74, 6) is 0.475. The van der Waals surface area contributed by atoms with Crippen molar-refractivity contribution < 1.29 is 31.9 Å². The molecule has 2 aromatic carbocycles. The van der Waals surface area contributed by atoms with E-state index in [0.717, 1.165) is 42.2 Å². The molecule has 1 fully saturated rings. The molecule has 0 radical (unpaired) electrons. The molecule has 0 unspecified atom stereocenters. The molecule has 1 saturated heterocycles. The summed E-state index contributed by atoms with van der Waals surface area (Å²) in [6.45, 7) is 2.07. The highest BCUT2D eigenvalue weighted by Crippen LogP contribution is 2.35. The summed E-state index contributed by atoms with van der Waals surface area (Å²) in [6.07, 6.45) is -2.22. The van der Waals surface area contributed by atoms with Crippen molar-refractivity contribution in [2.24, 2.45) is 0 Å². The maximum atomic E-state index is 13.0. The lowest BCUT2D eigenvalue weighted by atomic mass is 10.1. The van der Waals surface area contributed by atoms with Gasteiger partial charge in [0.15, 0.2) is 5.82 Å². The van der Waals surface area contributed by atoms with Crippen molar-refractivity contribution in [2.45, 2.75) is 38.3 Å². The minimum absolute atomic E-state index is 0.156. The van der Waals surface area contributed by atoms with Crippen LogP contribution in [0, 0.1) is 0 Å². The van der Waals surface area contributed by atoms with Crippen molar-refractivity contribution in [1.82, 2.24) is 20.4 Å². The molecule has 1 aliphatic rings. The Balaban J connectivity index is 1.34. The number of aromatic amines is 1. The summed E-state index contributed by atoms with van der Waals surface area (Å²) in [6, 6.07) is 10.0. The normalized spacial score (nSPS) is 15.5. The van der Waals surface area contributed by atoms with Gasteiger partial charge in [0.1, 0.15) is 23.1 Å². The topological polar surface area (TPSA) is 112 Å². The third-order valence-electron chi connectivity index (χ3n) is 6.16. The van der Waals surface area contributed by atoms with Gasteiger partial charge in [0, 0.05) is 31.3 Å². The van der Waals surface area contributed by atoms with E-state index >= 15 is 0 Å². The maximum Gasteiger partial charge on any atom is 0.439 e. The zero-order chi connectivity index (χ0) is 27.4. The van der Waals surface area contributed by atoms with Gasteiger partial charge in [-0.3, -0.25) is 9.51 Å². The maximum absolute atomic E-state index is 13.0. The molecule has 1 aliphatic heterocycles. The number of aromatic nitrogens is 3. The van der Waals surface area contributed by atoms with E-state index in [0.29, 0.717) is 40.7 Å². The van der Waals surface area contributed by atoms with Crippen LogP contribution in [0.15, 0.2) is 51.8 Å². The summed E-state index contributed by atoms with van der Waals surface area (Å²) >= 11 is 1.36. The molecular weight excluding hydrogens is 537 g/mol. The number of hydrogen-bond donors (Lipinski definition) is 2. The van der Waals surface area contributed by atoms with Crippen molar-refractivity contribution in [3.63, 3.8) is 0 Å². The number of hydrogen-bond acceptors (Lipinski definition) is 9. The first-order valence-electron chi connectivity index (χ1n) is 12.2. The van der Waals surface area contributed by atoms with Crippen LogP contribution >= 0.6 is 11.3 Å². The largest absolute Gasteiger partial charge is 0.496 e. The minimum Gasteiger partial charge on any atom is -0.496 e. The fraction of sp³-hybridized carbons (Fsp3) is 0.346. The van der Waals surface area contributed by atoms with Crippen LogP contribution in [-0.4, -0.2) is 41.5 Å². The quantitative estimate of drug-likeness (QED) is 0.277. The first-order valence-corrected chi connectivity index (χ1v) is 13.0. The molecule has 0 amide bonds. The number of nitrogens with one attached hydrogen (secondary N) is 2. The van der Waals surface area contributed by atoms with Gasteiger partial charge in [-0.2, -0.15) is 13.2 Å². The lowest BCUT2D eigenvalue weighted by Crippen LogP contribution is -2.26. The van der Waals surface area contributed by atoms with Crippen molar-refractivity contribution in [3.8, 4) is 33.5 Å². The van der Waals surface area contributed by atoms with E-state index in [2.05, 4.69) is 20.0 Å². The van der Waals surface area contributed by atoms with Gasteiger partial charge in [0.2, 0.25) is 0 Å². The highest BCUT2D eigenvalue weighted by atomic mass is 32.1. The molecule has 2 aromatic heterocycles. The molecule has 5 rings (SSSR count). The van der Waals surface area contributed by atoms with Gasteiger partial charge in [0.25, 0.3) is 0 Å². The second kappa shape index (κ2) is 11.6. The van der Waals surface area contributed by atoms with Crippen LogP contribution in [0.3, 0.4) is 0 Å². The smallest absolute Gasteiger partial charge is 0.439 e. The van der Waals surface area contributed by atoms with Gasteiger partial charge < -0.3 is 19.5 Å². The summed E-state index contributed by atoms with van der Waals surface area (Å²) < 4.78 is 60.7. The number of nitrogens with zero attached hydrogens (tertiary/aromatic N) is 2. The van der Waals surface area contributed by atoms with E-state index in [1.165, 1.54) is 30.6 Å². The third-order valence-corrected chi connectivity index (χ3v) is 7.28. The fourth-order valence-electron chi connectivity index (χ4n) is 4.17. The minimum atomic E-state index is -4.41. The predicted molar refractivity (Wildman–Crippen MR) is 137 cm³/mol. The standard InChI is InChI=1S/C26H25F3N4O5S/c1-35-21-11-17(8-9-19(21)23-32-25(34)38-33-23)37-14-22-20(13-30-12-18-3-2-10-36-18)31-24(39-22)15-4-6-16(7-5-15)26(27,28)29/h4-9,11,18,30H,2-3,10,12-14H2,1H3,(H,32,33,34)/t18-/m1/s1. The van der Waals surface area contributed by atoms with Crippen LogP contribution < -0.4 is 20.5 Å². The Morgan fingerprint density at radius 2 is 2.03 bits per heavy atom. The van der Waals surface area contributed by atoms with Gasteiger partial charge in [-0.25, -0.2) is 9.78 Å². The number of alkyl halides is 3. The van der Waals surface area contributed by atoms with E-state index in [9.17, 15) is 18.0 Å². The zero-order valence-corrected chi connectivity index (χ0v) is 21.7. The molecule has 2 N–H and O–H groups in total. The number of methoxy groups -OCH3 is 1. The Hall–Kier alpha value is -3.68. The van der Waals surface area contributed by atoms with Crippen molar-refractivity contribution in [2.75, 3.05) is 20.3 Å². The number of halogens is 3. The Morgan fingerprint density at radius 3 is 2.69 bits per heavy atom. The van der Waals surface area contributed by atoms with Crippen LogP contribution in [0.2, 0.25) is 0 Å². The van der Waals surface area contributed by atoms with Crippen LogP contribution in [0.25, 0.3) is 22.0 Å². The van der Waals surface area contributed by atoms with Crippen LogP contribution in [-0.2, 0) is 24.1 Å². The molecule has 13 heteroatoms. The molecule has 0 spiro atoms. The van der Waals surface area contributed by atoms with E-state index in [-0.39, 0.29) is 18.5 Å². The van der Waals surface area contributed by atoms with Crippen LogP contribution in [0.4, 0.5) is 13.2 Å². The van der Waals surface area contributed by atoms with Gasteiger partial charge in [-0.1, -0.05) is 17.3 Å². The summed E-state index contributed by atoms with van der Waals surface area (Å²) in [4.78, 5) is 19.3. The molecule has 9 nitrogen and oxygen atoms in total.